The molecule has 18 heavy (non-hydrogen) atoms. The van der Waals surface area contributed by atoms with Gasteiger partial charge in [0.2, 0.25) is 0 Å². The summed E-state index contributed by atoms with van der Waals surface area (Å²) in [6, 6.07) is 4.81. The van der Waals surface area contributed by atoms with Gasteiger partial charge in [0.1, 0.15) is 18.2 Å². The summed E-state index contributed by atoms with van der Waals surface area (Å²) in [6.45, 7) is 10.0. The molecular weight excluding hydrogens is 229 g/mol. The van der Waals surface area contributed by atoms with Crippen LogP contribution in [0.25, 0.3) is 0 Å². The smallest absolute Gasteiger partial charge is 0.127 e. The number of hydrogen-bond acceptors (Lipinski definition) is 2. The predicted molar refractivity (Wildman–Crippen MR) is 73.3 cm³/mol. The molecule has 0 fully saturated rings. The SMILES string of the molecule is C=C(CC)COc1cc(F)cc(CNCCC)c1. The van der Waals surface area contributed by atoms with E-state index in [1.165, 1.54) is 12.1 Å². The molecule has 0 unspecified atom stereocenters. The van der Waals surface area contributed by atoms with Gasteiger partial charge in [-0.05, 0) is 42.7 Å². The lowest BCUT2D eigenvalue weighted by molar-refractivity contribution is 0.346. The minimum atomic E-state index is -0.261. The molecule has 0 radical (unpaired) electrons. The topological polar surface area (TPSA) is 21.3 Å². The summed E-state index contributed by atoms with van der Waals surface area (Å²) in [5.41, 5.74) is 1.91. The third kappa shape index (κ3) is 5.32. The molecule has 0 saturated heterocycles. The van der Waals surface area contributed by atoms with Crippen molar-refractivity contribution in [1.82, 2.24) is 5.32 Å². The fourth-order valence-corrected chi connectivity index (χ4v) is 1.50. The van der Waals surface area contributed by atoms with Crippen LogP contribution in [-0.2, 0) is 6.54 Å². The van der Waals surface area contributed by atoms with E-state index < -0.39 is 0 Å². The van der Waals surface area contributed by atoms with Crippen LogP contribution < -0.4 is 10.1 Å². The summed E-state index contributed by atoms with van der Waals surface area (Å²) < 4.78 is 18.9. The van der Waals surface area contributed by atoms with Crippen molar-refractivity contribution >= 4 is 0 Å². The highest BCUT2D eigenvalue weighted by Gasteiger charge is 2.02. The fourth-order valence-electron chi connectivity index (χ4n) is 1.50. The zero-order chi connectivity index (χ0) is 13.4. The van der Waals surface area contributed by atoms with Crippen molar-refractivity contribution in [3.63, 3.8) is 0 Å². The van der Waals surface area contributed by atoms with Gasteiger partial charge in [0.25, 0.3) is 0 Å². The number of ether oxygens (including phenoxy) is 1. The lowest BCUT2D eigenvalue weighted by Gasteiger charge is -2.10. The fraction of sp³-hybridized carbons (Fsp3) is 0.467. The first-order chi connectivity index (χ1) is 8.65. The lowest BCUT2D eigenvalue weighted by atomic mass is 10.2. The quantitative estimate of drug-likeness (QED) is 0.562. The third-order valence-corrected chi connectivity index (χ3v) is 2.63. The van der Waals surface area contributed by atoms with Gasteiger partial charge in [0.15, 0.2) is 0 Å². The summed E-state index contributed by atoms with van der Waals surface area (Å²) in [4.78, 5) is 0. The Morgan fingerprint density at radius 2 is 2.11 bits per heavy atom. The molecule has 1 N–H and O–H groups in total. The summed E-state index contributed by atoms with van der Waals surface area (Å²) >= 11 is 0. The van der Waals surface area contributed by atoms with Gasteiger partial charge >= 0.3 is 0 Å². The monoisotopic (exact) mass is 251 g/mol. The molecule has 0 aliphatic heterocycles. The molecule has 2 nitrogen and oxygen atoms in total. The number of hydrogen-bond donors (Lipinski definition) is 1. The van der Waals surface area contributed by atoms with Crippen molar-refractivity contribution < 1.29 is 9.13 Å². The standard InChI is InChI=1S/C15H22FNO/c1-4-6-17-10-13-7-14(16)9-15(8-13)18-11-12(3)5-2/h7-9,17H,3-6,10-11H2,1-2H3. The summed E-state index contributed by atoms with van der Waals surface area (Å²) in [7, 11) is 0. The van der Waals surface area contributed by atoms with Gasteiger partial charge in [-0.1, -0.05) is 20.4 Å². The minimum Gasteiger partial charge on any atom is -0.489 e. The summed E-state index contributed by atoms with van der Waals surface area (Å²) in [5.74, 6) is 0.306. The Hall–Kier alpha value is -1.35. The van der Waals surface area contributed by atoms with Gasteiger partial charge in [-0.15, -0.1) is 0 Å². The number of nitrogens with one attached hydrogen (secondary N) is 1. The van der Waals surface area contributed by atoms with Crippen LogP contribution in [0.5, 0.6) is 5.75 Å². The first-order valence-corrected chi connectivity index (χ1v) is 6.45. The average Bonchev–Trinajstić information content (AvgIpc) is 2.35. The maximum absolute atomic E-state index is 13.4. The summed E-state index contributed by atoms with van der Waals surface area (Å²) in [6.07, 6.45) is 1.94. The Morgan fingerprint density at radius 1 is 1.33 bits per heavy atom. The lowest BCUT2D eigenvalue weighted by Crippen LogP contribution is -2.14. The van der Waals surface area contributed by atoms with Gasteiger partial charge in [-0.2, -0.15) is 0 Å². The second kappa shape index (κ2) is 7.88. The van der Waals surface area contributed by atoms with Crippen LogP contribution in [0.4, 0.5) is 4.39 Å². The van der Waals surface area contributed by atoms with Gasteiger partial charge in [-0.25, -0.2) is 4.39 Å². The molecule has 0 saturated carbocycles. The molecule has 0 spiro atoms. The van der Waals surface area contributed by atoms with Crippen molar-refractivity contribution in [3.05, 3.63) is 41.7 Å². The Bertz CT molecular complexity index is 390. The molecule has 0 aromatic heterocycles. The van der Waals surface area contributed by atoms with Gasteiger partial charge < -0.3 is 10.1 Å². The molecule has 0 heterocycles. The highest BCUT2D eigenvalue weighted by Crippen LogP contribution is 2.17. The van der Waals surface area contributed by atoms with E-state index in [0.29, 0.717) is 18.9 Å². The molecule has 0 bridgehead atoms. The van der Waals surface area contributed by atoms with Crippen molar-refractivity contribution in [2.45, 2.75) is 33.2 Å². The van der Waals surface area contributed by atoms with Crippen LogP contribution in [-0.4, -0.2) is 13.2 Å². The highest BCUT2D eigenvalue weighted by atomic mass is 19.1. The molecule has 1 rings (SSSR count). The van der Waals surface area contributed by atoms with Crippen molar-refractivity contribution in [1.29, 1.82) is 0 Å². The van der Waals surface area contributed by atoms with Crippen LogP contribution in [0.15, 0.2) is 30.4 Å². The number of rotatable bonds is 8. The first-order valence-electron chi connectivity index (χ1n) is 6.45. The molecule has 0 amide bonds. The van der Waals surface area contributed by atoms with Crippen LogP contribution in [0, 0.1) is 5.82 Å². The van der Waals surface area contributed by atoms with Crippen molar-refractivity contribution in [2.24, 2.45) is 0 Å². The van der Waals surface area contributed by atoms with Crippen LogP contribution in [0.3, 0.4) is 0 Å². The van der Waals surface area contributed by atoms with E-state index in [1.807, 2.05) is 13.0 Å². The normalized spacial score (nSPS) is 10.4. The van der Waals surface area contributed by atoms with E-state index in [-0.39, 0.29) is 5.82 Å². The van der Waals surface area contributed by atoms with Crippen molar-refractivity contribution in [3.8, 4) is 5.75 Å². The van der Waals surface area contributed by atoms with Gasteiger partial charge in [-0.3, -0.25) is 0 Å². The Morgan fingerprint density at radius 3 is 2.78 bits per heavy atom. The minimum absolute atomic E-state index is 0.261. The third-order valence-electron chi connectivity index (χ3n) is 2.63. The molecule has 0 aliphatic rings. The number of halogens is 1. The number of benzene rings is 1. The molecule has 1 aromatic carbocycles. The van der Waals surface area contributed by atoms with Gasteiger partial charge in [0, 0.05) is 12.6 Å². The second-order valence-electron chi connectivity index (χ2n) is 4.36. The Balaban J connectivity index is 2.59. The molecular formula is C15H22FNO. The molecule has 100 valence electrons. The van der Waals surface area contributed by atoms with E-state index >= 15 is 0 Å². The highest BCUT2D eigenvalue weighted by molar-refractivity contribution is 5.30. The van der Waals surface area contributed by atoms with Crippen molar-refractivity contribution in [2.75, 3.05) is 13.2 Å². The Kier molecular flexibility index (Phi) is 6.44. The van der Waals surface area contributed by atoms with E-state index in [1.54, 1.807) is 0 Å². The first kappa shape index (κ1) is 14.7. The van der Waals surface area contributed by atoms with Crippen LogP contribution in [0.1, 0.15) is 32.3 Å². The Labute approximate surface area is 109 Å². The predicted octanol–water partition coefficient (Wildman–Crippen LogP) is 3.67. The largest absolute Gasteiger partial charge is 0.489 e. The molecule has 1 aromatic rings. The second-order valence-corrected chi connectivity index (χ2v) is 4.36. The molecule has 0 atom stereocenters. The zero-order valence-electron chi connectivity index (χ0n) is 11.3. The molecule has 3 heteroatoms. The van der Waals surface area contributed by atoms with E-state index in [0.717, 1.165) is 30.5 Å². The zero-order valence-corrected chi connectivity index (χ0v) is 11.3. The van der Waals surface area contributed by atoms with E-state index in [2.05, 4.69) is 18.8 Å². The van der Waals surface area contributed by atoms with Crippen LogP contribution >= 0.6 is 0 Å². The summed E-state index contributed by atoms with van der Waals surface area (Å²) in [5, 5.41) is 3.24. The van der Waals surface area contributed by atoms with E-state index in [4.69, 9.17) is 4.74 Å². The maximum atomic E-state index is 13.4. The van der Waals surface area contributed by atoms with Gasteiger partial charge in [0.05, 0.1) is 0 Å². The van der Waals surface area contributed by atoms with Crippen LogP contribution in [0.2, 0.25) is 0 Å². The molecule has 0 aliphatic carbocycles. The maximum Gasteiger partial charge on any atom is 0.127 e. The average molecular weight is 251 g/mol. The van der Waals surface area contributed by atoms with E-state index in [9.17, 15) is 4.39 Å².